The standard InChI is InChI=1S/C27H35ClN2O3/c1-4-25(27(32)29-23-7-5-6-8-23)30(17-20-9-13-22(28)14-10-20)26(31)18-33-24-15-11-21(12-16-24)19(2)3/h9-16,19,23,25H,4-8,17-18H2,1-3H3,(H,29,32)/t25-/m1/s1. The lowest BCUT2D eigenvalue weighted by atomic mass is 10.0. The molecule has 1 saturated carbocycles. The number of ether oxygens (including phenoxy) is 1. The third-order valence-electron chi connectivity index (χ3n) is 6.26. The number of hydrogen-bond acceptors (Lipinski definition) is 3. The van der Waals surface area contributed by atoms with Gasteiger partial charge in [-0.15, -0.1) is 0 Å². The quantitative estimate of drug-likeness (QED) is 0.484. The van der Waals surface area contributed by atoms with Crippen molar-refractivity contribution in [3.63, 3.8) is 0 Å². The molecule has 33 heavy (non-hydrogen) atoms. The topological polar surface area (TPSA) is 58.6 Å². The van der Waals surface area contributed by atoms with Gasteiger partial charge in [0.05, 0.1) is 0 Å². The predicted molar refractivity (Wildman–Crippen MR) is 133 cm³/mol. The van der Waals surface area contributed by atoms with Crippen LogP contribution in [0.5, 0.6) is 5.75 Å². The molecule has 2 aromatic carbocycles. The first-order valence-corrected chi connectivity index (χ1v) is 12.3. The molecule has 5 nitrogen and oxygen atoms in total. The van der Waals surface area contributed by atoms with Crippen molar-refractivity contribution < 1.29 is 14.3 Å². The number of carbonyl (C=O) groups is 2. The first-order valence-electron chi connectivity index (χ1n) is 11.9. The van der Waals surface area contributed by atoms with Crippen LogP contribution in [0.3, 0.4) is 0 Å². The van der Waals surface area contributed by atoms with Crippen LogP contribution in [0, 0.1) is 0 Å². The average molecular weight is 471 g/mol. The van der Waals surface area contributed by atoms with E-state index in [2.05, 4.69) is 19.2 Å². The molecule has 2 aromatic rings. The number of nitrogens with one attached hydrogen (secondary N) is 1. The monoisotopic (exact) mass is 470 g/mol. The van der Waals surface area contributed by atoms with Crippen LogP contribution < -0.4 is 10.1 Å². The third kappa shape index (κ3) is 7.23. The fourth-order valence-corrected chi connectivity index (χ4v) is 4.38. The van der Waals surface area contributed by atoms with Crippen LogP contribution in [-0.4, -0.2) is 35.4 Å². The number of nitrogens with zero attached hydrogens (tertiary/aromatic N) is 1. The highest BCUT2D eigenvalue weighted by Crippen LogP contribution is 2.21. The van der Waals surface area contributed by atoms with E-state index < -0.39 is 6.04 Å². The molecule has 0 aliphatic heterocycles. The molecule has 3 rings (SSSR count). The van der Waals surface area contributed by atoms with Crippen LogP contribution >= 0.6 is 11.6 Å². The van der Waals surface area contributed by atoms with Crippen molar-refractivity contribution in [1.29, 1.82) is 0 Å². The Morgan fingerprint density at radius 2 is 1.70 bits per heavy atom. The smallest absolute Gasteiger partial charge is 0.261 e. The lowest BCUT2D eigenvalue weighted by Gasteiger charge is -2.31. The number of carbonyl (C=O) groups excluding carboxylic acids is 2. The second-order valence-electron chi connectivity index (χ2n) is 9.07. The summed E-state index contributed by atoms with van der Waals surface area (Å²) < 4.78 is 5.80. The van der Waals surface area contributed by atoms with Gasteiger partial charge in [0, 0.05) is 17.6 Å². The molecule has 6 heteroatoms. The second kappa shape index (κ2) is 12.1. The van der Waals surface area contributed by atoms with Crippen LogP contribution in [0.2, 0.25) is 5.02 Å². The van der Waals surface area contributed by atoms with Crippen LogP contribution in [0.15, 0.2) is 48.5 Å². The molecule has 0 unspecified atom stereocenters. The van der Waals surface area contributed by atoms with E-state index in [1.165, 1.54) is 5.56 Å². The van der Waals surface area contributed by atoms with Gasteiger partial charge in [-0.2, -0.15) is 0 Å². The van der Waals surface area contributed by atoms with Crippen molar-refractivity contribution >= 4 is 23.4 Å². The van der Waals surface area contributed by atoms with Crippen molar-refractivity contribution in [3.05, 3.63) is 64.7 Å². The molecular weight excluding hydrogens is 436 g/mol. The normalized spacial score (nSPS) is 14.8. The zero-order chi connectivity index (χ0) is 23.8. The fourth-order valence-electron chi connectivity index (χ4n) is 4.25. The zero-order valence-electron chi connectivity index (χ0n) is 19.9. The Balaban J connectivity index is 1.73. The van der Waals surface area contributed by atoms with Crippen molar-refractivity contribution in [2.45, 2.75) is 77.4 Å². The highest BCUT2D eigenvalue weighted by atomic mass is 35.5. The minimum absolute atomic E-state index is 0.0898. The number of amides is 2. The van der Waals surface area contributed by atoms with E-state index >= 15 is 0 Å². The van der Waals surface area contributed by atoms with Gasteiger partial charge in [0.15, 0.2) is 6.61 Å². The van der Waals surface area contributed by atoms with Crippen LogP contribution in [0.1, 0.15) is 69.9 Å². The minimum Gasteiger partial charge on any atom is -0.484 e. The van der Waals surface area contributed by atoms with Gasteiger partial charge < -0.3 is 15.0 Å². The maximum Gasteiger partial charge on any atom is 0.261 e. The molecule has 0 spiro atoms. The van der Waals surface area contributed by atoms with E-state index in [1.54, 1.807) is 17.0 Å². The molecule has 1 aliphatic rings. The molecule has 0 saturated heterocycles. The van der Waals surface area contributed by atoms with Gasteiger partial charge in [0.25, 0.3) is 5.91 Å². The van der Waals surface area contributed by atoms with E-state index in [0.717, 1.165) is 31.2 Å². The number of benzene rings is 2. The molecule has 1 aliphatic carbocycles. The maximum absolute atomic E-state index is 13.3. The number of hydrogen-bond donors (Lipinski definition) is 1. The van der Waals surface area contributed by atoms with E-state index in [-0.39, 0.29) is 24.5 Å². The van der Waals surface area contributed by atoms with Crippen LogP contribution in [0.4, 0.5) is 0 Å². The van der Waals surface area contributed by atoms with Crippen LogP contribution in [0.25, 0.3) is 0 Å². The van der Waals surface area contributed by atoms with Crippen molar-refractivity contribution in [3.8, 4) is 5.75 Å². The Kier molecular flexibility index (Phi) is 9.19. The van der Waals surface area contributed by atoms with E-state index in [9.17, 15) is 9.59 Å². The fraction of sp³-hybridized carbons (Fsp3) is 0.481. The van der Waals surface area contributed by atoms with Gasteiger partial charge in [0.1, 0.15) is 11.8 Å². The maximum atomic E-state index is 13.3. The second-order valence-corrected chi connectivity index (χ2v) is 9.51. The molecule has 0 heterocycles. The Bertz CT molecular complexity index is 906. The summed E-state index contributed by atoms with van der Waals surface area (Å²) in [5.41, 5.74) is 2.13. The molecule has 1 fully saturated rings. The molecule has 1 N–H and O–H groups in total. The molecule has 178 valence electrons. The predicted octanol–water partition coefficient (Wildman–Crippen LogP) is 5.71. The molecule has 0 bridgehead atoms. The summed E-state index contributed by atoms with van der Waals surface area (Å²) in [5, 5.41) is 3.79. The van der Waals surface area contributed by atoms with E-state index in [0.29, 0.717) is 29.7 Å². The van der Waals surface area contributed by atoms with Crippen molar-refractivity contribution in [2.75, 3.05) is 6.61 Å². The summed E-state index contributed by atoms with van der Waals surface area (Å²) in [6, 6.07) is 14.8. The third-order valence-corrected chi connectivity index (χ3v) is 6.51. The lowest BCUT2D eigenvalue weighted by Crippen LogP contribution is -2.52. The lowest BCUT2D eigenvalue weighted by molar-refractivity contribution is -0.143. The summed E-state index contributed by atoms with van der Waals surface area (Å²) in [6.07, 6.45) is 4.81. The molecule has 2 amide bonds. The van der Waals surface area contributed by atoms with Gasteiger partial charge in [-0.05, 0) is 60.6 Å². The Morgan fingerprint density at radius 1 is 1.06 bits per heavy atom. The highest BCUT2D eigenvalue weighted by molar-refractivity contribution is 6.30. The highest BCUT2D eigenvalue weighted by Gasteiger charge is 2.30. The van der Waals surface area contributed by atoms with Gasteiger partial charge in [-0.1, -0.05) is 69.5 Å². The Hall–Kier alpha value is -2.53. The summed E-state index contributed by atoms with van der Waals surface area (Å²) in [5.74, 6) is 0.765. The largest absolute Gasteiger partial charge is 0.484 e. The summed E-state index contributed by atoms with van der Waals surface area (Å²) >= 11 is 6.03. The van der Waals surface area contributed by atoms with Gasteiger partial charge in [-0.25, -0.2) is 0 Å². The number of halogens is 1. The first kappa shape index (κ1) is 25.1. The number of rotatable bonds is 10. The molecular formula is C27H35ClN2O3. The van der Waals surface area contributed by atoms with Crippen molar-refractivity contribution in [2.24, 2.45) is 0 Å². The van der Waals surface area contributed by atoms with Crippen molar-refractivity contribution in [1.82, 2.24) is 10.2 Å². The minimum atomic E-state index is -0.555. The summed E-state index contributed by atoms with van der Waals surface area (Å²) in [6.45, 7) is 6.40. The van der Waals surface area contributed by atoms with Gasteiger partial charge in [-0.3, -0.25) is 9.59 Å². The van der Waals surface area contributed by atoms with E-state index in [4.69, 9.17) is 16.3 Å². The molecule has 1 atom stereocenters. The zero-order valence-corrected chi connectivity index (χ0v) is 20.6. The summed E-state index contributed by atoms with van der Waals surface area (Å²) in [7, 11) is 0. The SMILES string of the molecule is CC[C@H](C(=O)NC1CCCC1)N(Cc1ccc(Cl)cc1)C(=O)COc1ccc(C(C)C)cc1. The van der Waals surface area contributed by atoms with Gasteiger partial charge in [0.2, 0.25) is 5.91 Å². The van der Waals surface area contributed by atoms with Crippen LogP contribution in [-0.2, 0) is 16.1 Å². The Morgan fingerprint density at radius 3 is 2.27 bits per heavy atom. The summed E-state index contributed by atoms with van der Waals surface area (Å²) in [4.78, 5) is 28.1. The van der Waals surface area contributed by atoms with E-state index in [1.807, 2.05) is 43.3 Å². The molecule has 0 aromatic heterocycles. The first-order chi connectivity index (χ1) is 15.9. The average Bonchev–Trinajstić information content (AvgIpc) is 3.32. The Labute approximate surface area is 202 Å². The molecule has 0 radical (unpaired) electrons. The van der Waals surface area contributed by atoms with Gasteiger partial charge >= 0.3 is 0 Å².